The van der Waals surface area contributed by atoms with Gasteiger partial charge in [0.1, 0.15) is 29.0 Å². The van der Waals surface area contributed by atoms with Crippen molar-refractivity contribution < 1.29 is 4.55 Å². The number of nitrogens with two attached hydrogens (primary N) is 1. The largest absolute Gasteiger partial charge is 0.616 e. The van der Waals surface area contributed by atoms with Gasteiger partial charge in [-0.15, -0.1) is 0 Å². The van der Waals surface area contributed by atoms with Crippen LogP contribution in [0.3, 0.4) is 0 Å². The van der Waals surface area contributed by atoms with E-state index in [1.54, 1.807) is 10.8 Å². The van der Waals surface area contributed by atoms with Crippen LogP contribution in [0.1, 0.15) is 30.4 Å². The first-order chi connectivity index (χ1) is 15.5. The number of nitrogens with one attached hydrogen (secondary N) is 2. The molecule has 2 aromatic heterocycles. The zero-order chi connectivity index (χ0) is 22.2. The van der Waals surface area contributed by atoms with Crippen LogP contribution in [0.25, 0.3) is 5.65 Å². The van der Waals surface area contributed by atoms with E-state index in [0.717, 1.165) is 55.1 Å². The zero-order valence-electron chi connectivity index (χ0n) is 17.9. The van der Waals surface area contributed by atoms with Gasteiger partial charge in [-0.3, -0.25) is 0 Å². The number of hydrogen-bond acceptors (Lipinski definition) is 8. The van der Waals surface area contributed by atoms with Crippen LogP contribution in [0.5, 0.6) is 0 Å². The molecule has 32 heavy (non-hydrogen) atoms. The van der Waals surface area contributed by atoms with Gasteiger partial charge in [-0.1, -0.05) is 11.2 Å². The molecule has 5 rings (SSSR count). The second kappa shape index (κ2) is 8.50. The van der Waals surface area contributed by atoms with Crippen LogP contribution in [-0.2, 0) is 16.9 Å². The Labute approximate surface area is 189 Å². The van der Waals surface area contributed by atoms with E-state index in [1.807, 2.05) is 18.2 Å². The van der Waals surface area contributed by atoms with Crippen LogP contribution in [0.2, 0.25) is 0 Å². The van der Waals surface area contributed by atoms with E-state index in [0.29, 0.717) is 28.8 Å². The summed E-state index contributed by atoms with van der Waals surface area (Å²) in [6.07, 6.45) is 6.46. The van der Waals surface area contributed by atoms with Gasteiger partial charge in [0.25, 0.3) is 0 Å². The van der Waals surface area contributed by atoms with Crippen molar-refractivity contribution in [1.82, 2.24) is 14.6 Å². The molecule has 1 saturated carbocycles. The van der Waals surface area contributed by atoms with Gasteiger partial charge in [-0.05, 0) is 37.5 Å². The van der Waals surface area contributed by atoms with Crippen LogP contribution in [0.15, 0.2) is 30.5 Å². The Morgan fingerprint density at radius 2 is 2.16 bits per heavy atom. The highest BCUT2D eigenvalue weighted by molar-refractivity contribution is 7.89. The minimum atomic E-state index is -0.970. The topological polar surface area (TPSA) is 130 Å². The summed E-state index contributed by atoms with van der Waals surface area (Å²) in [4.78, 5) is 6.90. The molecular weight excluding hydrogens is 424 g/mol. The van der Waals surface area contributed by atoms with Gasteiger partial charge >= 0.3 is 0 Å². The van der Waals surface area contributed by atoms with Crippen LogP contribution < -0.4 is 21.3 Å². The fourth-order valence-corrected chi connectivity index (χ4v) is 4.77. The van der Waals surface area contributed by atoms with E-state index in [2.05, 4.69) is 37.8 Å². The molecule has 3 aromatic rings. The Morgan fingerprint density at radius 1 is 1.31 bits per heavy atom. The Balaban J connectivity index is 1.48. The highest BCUT2D eigenvalue weighted by Gasteiger charge is 2.24. The average molecular weight is 451 g/mol. The van der Waals surface area contributed by atoms with Gasteiger partial charge in [-0.2, -0.15) is 14.9 Å². The van der Waals surface area contributed by atoms with Crippen LogP contribution >= 0.6 is 0 Å². The molecule has 9 nitrogen and oxygen atoms in total. The maximum atomic E-state index is 12.0. The minimum absolute atomic E-state index is 0.172. The van der Waals surface area contributed by atoms with Crippen molar-refractivity contribution in [2.45, 2.75) is 37.1 Å². The molecular formula is C22H26N8OS. The van der Waals surface area contributed by atoms with Crippen molar-refractivity contribution >= 4 is 39.8 Å². The van der Waals surface area contributed by atoms with Crippen molar-refractivity contribution in [1.29, 1.82) is 5.26 Å². The van der Waals surface area contributed by atoms with E-state index in [1.165, 1.54) is 6.20 Å². The number of hydrogen-bond donors (Lipinski definition) is 3. The average Bonchev–Trinajstić information content (AvgIpc) is 3.30. The van der Waals surface area contributed by atoms with Gasteiger partial charge in [0.15, 0.2) is 5.65 Å². The summed E-state index contributed by atoms with van der Waals surface area (Å²) >= 11 is -0.970. The number of benzene rings is 1. The first-order valence-corrected chi connectivity index (χ1v) is 12.5. The molecule has 10 heteroatoms. The number of nitriles is 1. The SMILES string of the molecule is C[S@@+]([O-])Cc1cc(Nc2cc(NC3CC3)n3ncc(C#N)c3n2)ccc1N1CC[C@@H](N)C1. The predicted molar refractivity (Wildman–Crippen MR) is 127 cm³/mol. The highest BCUT2D eigenvalue weighted by Crippen LogP contribution is 2.31. The summed E-state index contributed by atoms with van der Waals surface area (Å²) < 4.78 is 13.7. The molecule has 1 aliphatic carbocycles. The van der Waals surface area contributed by atoms with Crippen LogP contribution in [0.4, 0.5) is 23.0 Å². The van der Waals surface area contributed by atoms with Crippen LogP contribution in [0, 0.1) is 11.3 Å². The van der Waals surface area contributed by atoms with Crippen LogP contribution in [-0.4, -0.2) is 50.6 Å². The third-order valence-corrected chi connectivity index (χ3v) is 6.52. The molecule has 1 aromatic carbocycles. The molecule has 166 valence electrons. The molecule has 0 bridgehead atoms. The quantitative estimate of drug-likeness (QED) is 0.468. The maximum Gasteiger partial charge on any atom is 0.177 e. The first-order valence-electron chi connectivity index (χ1n) is 10.8. The molecule has 0 unspecified atom stereocenters. The molecule has 1 saturated heterocycles. The van der Waals surface area contributed by atoms with E-state index in [-0.39, 0.29) is 6.04 Å². The van der Waals surface area contributed by atoms with Gasteiger partial charge in [0.2, 0.25) is 0 Å². The predicted octanol–water partition coefficient (Wildman–Crippen LogP) is 2.33. The third kappa shape index (κ3) is 4.32. The van der Waals surface area contributed by atoms with Crippen molar-refractivity contribution in [3.8, 4) is 6.07 Å². The first kappa shape index (κ1) is 20.9. The Bertz CT molecular complexity index is 1180. The molecule has 0 spiro atoms. The maximum absolute atomic E-state index is 12.0. The lowest BCUT2D eigenvalue weighted by molar-refractivity contribution is 0.600. The minimum Gasteiger partial charge on any atom is -0.616 e. The molecule has 0 radical (unpaired) electrons. The normalized spacial score (nSPS) is 19.2. The summed E-state index contributed by atoms with van der Waals surface area (Å²) in [6.45, 7) is 1.71. The molecule has 1 aliphatic heterocycles. The molecule has 2 fully saturated rings. The van der Waals surface area contributed by atoms with E-state index in [9.17, 15) is 9.81 Å². The number of nitrogens with zero attached hydrogens (tertiary/aromatic N) is 5. The lowest BCUT2D eigenvalue weighted by Gasteiger charge is -2.23. The fraction of sp³-hybridized carbons (Fsp3) is 0.409. The zero-order valence-corrected chi connectivity index (χ0v) is 18.7. The van der Waals surface area contributed by atoms with Crippen molar-refractivity contribution in [3.63, 3.8) is 0 Å². The molecule has 4 N–H and O–H groups in total. The van der Waals surface area contributed by atoms with E-state index >= 15 is 0 Å². The van der Waals surface area contributed by atoms with Gasteiger partial charge in [0.05, 0.1) is 12.5 Å². The monoisotopic (exact) mass is 450 g/mol. The van der Waals surface area contributed by atoms with Crippen molar-refractivity contribution in [2.24, 2.45) is 5.73 Å². The second-order valence-corrected chi connectivity index (χ2v) is 9.97. The third-order valence-electron chi connectivity index (χ3n) is 5.80. The van der Waals surface area contributed by atoms with Crippen molar-refractivity contribution in [3.05, 3.63) is 41.6 Å². The number of anilines is 4. The molecule has 2 aliphatic rings. The number of fused-ring (bicyclic) bond motifs is 1. The lowest BCUT2D eigenvalue weighted by atomic mass is 10.1. The Kier molecular flexibility index (Phi) is 5.55. The van der Waals surface area contributed by atoms with Crippen molar-refractivity contribution in [2.75, 3.05) is 34.9 Å². The molecule has 2 atom stereocenters. The number of aromatic nitrogens is 3. The van der Waals surface area contributed by atoms with Gasteiger partial charge < -0.3 is 25.8 Å². The summed E-state index contributed by atoms with van der Waals surface area (Å²) in [7, 11) is 0. The summed E-state index contributed by atoms with van der Waals surface area (Å²) in [5.74, 6) is 1.90. The number of rotatable bonds is 7. The van der Waals surface area contributed by atoms with Gasteiger partial charge in [-0.25, -0.2) is 4.98 Å². The molecule has 3 heterocycles. The van der Waals surface area contributed by atoms with E-state index in [4.69, 9.17) is 5.73 Å². The smallest absolute Gasteiger partial charge is 0.177 e. The van der Waals surface area contributed by atoms with E-state index < -0.39 is 11.2 Å². The molecule has 0 amide bonds. The standard InChI is InChI=1S/C22H26N8OS/c1-32(31)13-14-8-18(4-5-19(14)29-7-6-16(24)12-29)26-20-9-21(27-17-2-3-17)30-22(28-20)15(10-23)11-25-30/h4-5,8-9,11,16-17,27H,2-3,6-7,12-13,24H2,1H3,(H,26,28)/t16-,32-/m1/s1. The summed E-state index contributed by atoms with van der Waals surface area (Å²) in [5.41, 5.74) is 9.99. The second-order valence-electron chi connectivity index (χ2n) is 8.53. The summed E-state index contributed by atoms with van der Waals surface area (Å²) in [6, 6.07) is 10.8. The lowest BCUT2D eigenvalue weighted by Crippen LogP contribution is -2.27. The Hall–Kier alpha value is -3.00. The fourth-order valence-electron chi connectivity index (χ4n) is 4.11. The van der Waals surface area contributed by atoms with Gasteiger partial charge in [0, 0.05) is 48.2 Å². The summed E-state index contributed by atoms with van der Waals surface area (Å²) in [5, 5.41) is 20.6. The Morgan fingerprint density at radius 3 is 2.84 bits per heavy atom. The highest BCUT2D eigenvalue weighted by atomic mass is 32.2.